The number of aryl methyl sites for hydroxylation is 2. The van der Waals surface area contributed by atoms with E-state index in [-0.39, 0.29) is 23.9 Å². The average molecular weight is 461 g/mol. The Hall–Kier alpha value is -3.45. The van der Waals surface area contributed by atoms with Crippen molar-refractivity contribution in [3.05, 3.63) is 76.8 Å². The average Bonchev–Trinajstić information content (AvgIpc) is 3.32. The number of rotatable bonds is 5. The molecule has 0 atom stereocenters. The molecule has 0 saturated heterocycles. The summed E-state index contributed by atoms with van der Waals surface area (Å²) in [5.74, 6) is -0.410. The highest BCUT2D eigenvalue weighted by Gasteiger charge is 2.26. The van der Waals surface area contributed by atoms with Gasteiger partial charge in [0.2, 0.25) is 5.91 Å². The SMILES string of the molecule is Cc1ccc(N(CC(=O)NC(C)(C)C)C(=O)c2cc3c(C)nn(-c4ccccc4)c3s2)cc1. The van der Waals surface area contributed by atoms with Gasteiger partial charge < -0.3 is 5.32 Å². The van der Waals surface area contributed by atoms with Crippen LogP contribution in [0.2, 0.25) is 0 Å². The number of thiophene rings is 1. The highest BCUT2D eigenvalue weighted by Crippen LogP contribution is 2.32. The number of para-hydroxylation sites is 1. The van der Waals surface area contributed by atoms with Gasteiger partial charge in [-0.2, -0.15) is 5.10 Å². The number of amides is 2. The van der Waals surface area contributed by atoms with Crippen molar-refractivity contribution < 1.29 is 9.59 Å². The third-order valence-corrected chi connectivity index (χ3v) is 6.26. The molecule has 33 heavy (non-hydrogen) atoms. The van der Waals surface area contributed by atoms with Crippen LogP contribution in [-0.4, -0.2) is 33.7 Å². The summed E-state index contributed by atoms with van der Waals surface area (Å²) in [5, 5.41) is 8.55. The minimum Gasteiger partial charge on any atom is -0.350 e. The van der Waals surface area contributed by atoms with Crippen LogP contribution in [0.4, 0.5) is 5.69 Å². The third kappa shape index (κ3) is 4.98. The number of nitrogens with one attached hydrogen (secondary N) is 1. The summed E-state index contributed by atoms with van der Waals surface area (Å²) in [7, 11) is 0. The zero-order valence-corrected chi connectivity index (χ0v) is 20.4. The van der Waals surface area contributed by atoms with E-state index >= 15 is 0 Å². The molecule has 0 aliphatic heterocycles. The van der Waals surface area contributed by atoms with Gasteiger partial charge in [0, 0.05) is 16.6 Å². The van der Waals surface area contributed by atoms with Crippen LogP contribution in [0.15, 0.2) is 60.7 Å². The molecule has 2 aromatic carbocycles. The van der Waals surface area contributed by atoms with Gasteiger partial charge in [-0.3, -0.25) is 14.5 Å². The molecule has 0 aliphatic rings. The van der Waals surface area contributed by atoms with E-state index in [1.54, 1.807) is 4.90 Å². The molecular formula is C26H28N4O2S. The third-order valence-electron chi connectivity index (χ3n) is 5.16. The molecule has 4 rings (SSSR count). The Labute approximate surface area is 197 Å². The number of carbonyl (C=O) groups is 2. The Balaban J connectivity index is 1.72. The lowest BCUT2D eigenvalue weighted by Crippen LogP contribution is -2.47. The number of aromatic nitrogens is 2. The highest BCUT2D eigenvalue weighted by atomic mass is 32.1. The molecule has 4 aromatic rings. The number of hydrogen-bond acceptors (Lipinski definition) is 4. The molecule has 2 amide bonds. The monoisotopic (exact) mass is 460 g/mol. The fraction of sp³-hybridized carbons (Fsp3) is 0.269. The van der Waals surface area contributed by atoms with Crippen molar-refractivity contribution in [3.8, 4) is 5.69 Å². The number of fused-ring (bicyclic) bond motifs is 1. The van der Waals surface area contributed by atoms with Gasteiger partial charge in [0.1, 0.15) is 11.4 Å². The second-order valence-electron chi connectivity index (χ2n) is 9.19. The van der Waals surface area contributed by atoms with Crippen molar-refractivity contribution >= 4 is 39.1 Å². The van der Waals surface area contributed by atoms with Crippen molar-refractivity contribution in [2.75, 3.05) is 11.4 Å². The largest absolute Gasteiger partial charge is 0.350 e. The summed E-state index contributed by atoms with van der Waals surface area (Å²) in [5.41, 5.74) is 3.19. The van der Waals surface area contributed by atoms with Crippen LogP contribution >= 0.6 is 11.3 Å². The second-order valence-corrected chi connectivity index (χ2v) is 10.2. The number of benzene rings is 2. The molecule has 0 spiro atoms. The smallest absolute Gasteiger partial charge is 0.268 e. The van der Waals surface area contributed by atoms with Gasteiger partial charge in [-0.1, -0.05) is 35.9 Å². The quantitative estimate of drug-likeness (QED) is 0.441. The van der Waals surface area contributed by atoms with E-state index < -0.39 is 0 Å². The first kappa shape index (κ1) is 22.7. The number of hydrogen-bond donors (Lipinski definition) is 1. The summed E-state index contributed by atoms with van der Waals surface area (Å²) < 4.78 is 1.87. The van der Waals surface area contributed by atoms with Crippen molar-refractivity contribution in [1.29, 1.82) is 0 Å². The molecule has 7 heteroatoms. The van der Waals surface area contributed by atoms with Crippen LogP contribution in [-0.2, 0) is 4.79 Å². The molecular weight excluding hydrogens is 432 g/mol. The van der Waals surface area contributed by atoms with E-state index in [0.29, 0.717) is 10.6 Å². The van der Waals surface area contributed by atoms with E-state index in [4.69, 9.17) is 0 Å². The fourth-order valence-electron chi connectivity index (χ4n) is 3.64. The molecule has 6 nitrogen and oxygen atoms in total. The number of carbonyl (C=O) groups excluding carboxylic acids is 2. The molecule has 0 aliphatic carbocycles. The molecule has 1 N–H and O–H groups in total. The number of nitrogens with zero attached hydrogens (tertiary/aromatic N) is 3. The van der Waals surface area contributed by atoms with Crippen LogP contribution in [0.25, 0.3) is 15.9 Å². The van der Waals surface area contributed by atoms with Crippen LogP contribution in [0.3, 0.4) is 0 Å². The minimum absolute atomic E-state index is 0.0583. The Bertz CT molecular complexity index is 1300. The first-order chi connectivity index (χ1) is 15.6. The van der Waals surface area contributed by atoms with Gasteiger partial charge >= 0.3 is 0 Å². The zero-order valence-electron chi connectivity index (χ0n) is 19.5. The van der Waals surface area contributed by atoms with Gasteiger partial charge in [0.05, 0.1) is 16.3 Å². The molecule has 0 unspecified atom stereocenters. The summed E-state index contributed by atoms with van der Waals surface area (Å²) in [6.45, 7) is 9.65. The topological polar surface area (TPSA) is 67.2 Å². The van der Waals surface area contributed by atoms with Gasteiger partial charge in [0.25, 0.3) is 5.91 Å². The van der Waals surface area contributed by atoms with Crippen molar-refractivity contribution in [1.82, 2.24) is 15.1 Å². The standard InChI is InChI=1S/C26H28N4O2S/c1-17-11-13-19(14-12-17)29(16-23(31)27-26(3,4)5)24(32)22-15-21-18(2)28-30(25(21)33-22)20-9-7-6-8-10-20/h6-15H,16H2,1-5H3,(H,27,31). The molecule has 0 fully saturated rings. The molecule has 170 valence electrons. The molecule has 0 radical (unpaired) electrons. The van der Waals surface area contributed by atoms with Gasteiger partial charge in [-0.05, 0) is 65.0 Å². The number of anilines is 1. The maximum absolute atomic E-state index is 13.7. The Morgan fingerprint density at radius 3 is 2.33 bits per heavy atom. The van der Waals surface area contributed by atoms with E-state index in [1.165, 1.54) is 11.3 Å². The predicted octanol–water partition coefficient (Wildman–Crippen LogP) is 5.27. The van der Waals surface area contributed by atoms with E-state index in [1.807, 2.05) is 100.0 Å². The Morgan fingerprint density at radius 1 is 1.03 bits per heavy atom. The minimum atomic E-state index is -0.382. The van der Waals surface area contributed by atoms with E-state index in [9.17, 15) is 9.59 Å². The Kier molecular flexibility index (Phi) is 6.08. The normalized spacial score (nSPS) is 11.5. The lowest BCUT2D eigenvalue weighted by atomic mass is 10.1. The molecule has 0 saturated carbocycles. The van der Waals surface area contributed by atoms with Gasteiger partial charge in [-0.15, -0.1) is 11.3 Å². The van der Waals surface area contributed by atoms with Crippen molar-refractivity contribution in [2.24, 2.45) is 0 Å². The lowest BCUT2D eigenvalue weighted by molar-refractivity contribution is -0.121. The van der Waals surface area contributed by atoms with Gasteiger partial charge in [-0.25, -0.2) is 4.68 Å². The maximum atomic E-state index is 13.7. The van der Waals surface area contributed by atoms with E-state index in [2.05, 4.69) is 10.4 Å². The zero-order chi connectivity index (χ0) is 23.8. The van der Waals surface area contributed by atoms with Crippen LogP contribution in [0.5, 0.6) is 0 Å². The van der Waals surface area contributed by atoms with Crippen molar-refractivity contribution in [2.45, 2.75) is 40.2 Å². The van der Waals surface area contributed by atoms with Crippen LogP contribution in [0, 0.1) is 13.8 Å². The molecule has 2 heterocycles. The first-order valence-corrected chi connectivity index (χ1v) is 11.7. The lowest BCUT2D eigenvalue weighted by Gasteiger charge is -2.26. The highest BCUT2D eigenvalue weighted by molar-refractivity contribution is 7.20. The second kappa shape index (κ2) is 8.83. The first-order valence-electron chi connectivity index (χ1n) is 10.9. The maximum Gasteiger partial charge on any atom is 0.268 e. The predicted molar refractivity (Wildman–Crippen MR) is 134 cm³/mol. The molecule has 0 bridgehead atoms. The van der Waals surface area contributed by atoms with Crippen LogP contribution in [0.1, 0.15) is 41.7 Å². The molecule has 2 aromatic heterocycles. The van der Waals surface area contributed by atoms with Crippen LogP contribution < -0.4 is 10.2 Å². The summed E-state index contributed by atoms with van der Waals surface area (Å²) >= 11 is 1.39. The van der Waals surface area contributed by atoms with E-state index in [0.717, 1.165) is 27.2 Å². The van der Waals surface area contributed by atoms with Gasteiger partial charge in [0.15, 0.2) is 0 Å². The summed E-state index contributed by atoms with van der Waals surface area (Å²) in [4.78, 5) is 29.4. The van der Waals surface area contributed by atoms with Crippen molar-refractivity contribution in [3.63, 3.8) is 0 Å². The Morgan fingerprint density at radius 2 is 1.70 bits per heavy atom. The summed E-state index contributed by atoms with van der Waals surface area (Å²) in [6, 6.07) is 19.4. The fourth-order valence-corrected chi connectivity index (χ4v) is 4.77. The summed E-state index contributed by atoms with van der Waals surface area (Å²) in [6.07, 6.45) is 0.